The van der Waals surface area contributed by atoms with Crippen LogP contribution in [-0.4, -0.2) is 19.9 Å². The minimum absolute atomic E-state index is 0.278. The van der Waals surface area contributed by atoms with E-state index in [0.29, 0.717) is 17.6 Å². The predicted molar refractivity (Wildman–Crippen MR) is 57.6 cm³/mol. The highest BCUT2D eigenvalue weighted by molar-refractivity contribution is 7.91. The fraction of sp³-hybridized carbons (Fsp3) is 1.00. The lowest BCUT2D eigenvalue weighted by Crippen LogP contribution is -2.22. The first-order chi connectivity index (χ1) is 5.96. The Labute approximate surface area is 82.6 Å². The summed E-state index contributed by atoms with van der Waals surface area (Å²) in [6.07, 6.45) is 2.03. The van der Waals surface area contributed by atoms with Gasteiger partial charge >= 0.3 is 0 Å². The van der Waals surface area contributed by atoms with Gasteiger partial charge in [0.2, 0.25) is 0 Å². The van der Waals surface area contributed by atoms with Crippen LogP contribution in [0.1, 0.15) is 40.5 Å². The van der Waals surface area contributed by atoms with Gasteiger partial charge in [0.05, 0.1) is 5.75 Å². The molecule has 2 atom stereocenters. The van der Waals surface area contributed by atoms with Gasteiger partial charge in [0.25, 0.3) is 0 Å². The van der Waals surface area contributed by atoms with Crippen LogP contribution in [0.4, 0.5) is 0 Å². The van der Waals surface area contributed by atoms with Gasteiger partial charge in [-0.3, -0.25) is 0 Å². The summed E-state index contributed by atoms with van der Waals surface area (Å²) in [6, 6.07) is 0. The van der Waals surface area contributed by atoms with Crippen molar-refractivity contribution in [1.29, 1.82) is 0 Å². The molecule has 0 aliphatic heterocycles. The average molecular weight is 206 g/mol. The minimum atomic E-state index is -2.79. The van der Waals surface area contributed by atoms with Crippen LogP contribution < -0.4 is 0 Å². The van der Waals surface area contributed by atoms with Crippen molar-refractivity contribution in [2.75, 3.05) is 11.5 Å². The standard InChI is InChI=1S/C10H22O2S/c1-5-9(4)10(6-2)8-13(11,12)7-3/h9-10H,5-8H2,1-4H3. The fourth-order valence-electron chi connectivity index (χ4n) is 1.46. The topological polar surface area (TPSA) is 34.1 Å². The summed E-state index contributed by atoms with van der Waals surface area (Å²) in [4.78, 5) is 0. The van der Waals surface area contributed by atoms with Crippen LogP contribution in [0.15, 0.2) is 0 Å². The zero-order valence-corrected chi connectivity index (χ0v) is 10.0. The molecule has 0 heterocycles. The quantitative estimate of drug-likeness (QED) is 0.669. The largest absolute Gasteiger partial charge is 0.229 e. The zero-order chi connectivity index (χ0) is 10.5. The van der Waals surface area contributed by atoms with E-state index in [9.17, 15) is 8.42 Å². The Morgan fingerprint density at radius 2 is 1.62 bits per heavy atom. The predicted octanol–water partition coefficient (Wildman–Crippen LogP) is 2.49. The van der Waals surface area contributed by atoms with Crippen molar-refractivity contribution < 1.29 is 8.42 Å². The lowest BCUT2D eigenvalue weighted by atomic mass is 9.91. The maximum absolute atomic E-state index is 11.4. The molecule has 3 heteroatoms. The lowest BCUT2D eigenvalue weighted by molar-refractivity contribution is 0.367. The molecule has 0 aliphatic rings. The molecule has 0 amide bonds. The molecule has 80 valence electrons. The minimum Gasteiger partial charge on any atom is -0.229 e. The maximum Gasteiger partial charge on any atom is 0.150 e. The van der Waals surface area contributed by atoms with E-state index in [1.165, 1.54) is 0 Å². The van der Waals surface area contributed by atoms with Crippen LogP contribution in [0.5, 0.6) is 0 Å². The summed E-state index contributed by atoms with van der Waals surface area (Å²) >= 11 is 0. The van der Waals surface area contributed by atoms with Gasteiger partial charge in [-0.2, -0.15) is 0 Å². The van der Waals surface area contributed by atoms with Gasteiger partial charge in [-0.25, -0.2) is 8.42 Å². The Kier molecular flexibility index (Phi) is 5.61. The van der Waals surface area contributed by atoms with E-state index in [2.05, 4.69) is 20.8 Å². The van der Waals surface area contributed by atoms with Crippen molar-refractivity contribution in [1.82, 2.24) is 0 Å². The molecule has 0 saturated carbocycles. The molecule has 0 saturated heterocycles. The van der Waals surface area contributed by atoms with Crippen molar-refractivity contribution in [3.8, 4) is 0 Å². The summed E-state index contributed by atoms with van der Waals surface area (Å²) in [5.74, 6) is 1.51. The highest BCUT2D eigenvalue weighted by atomic mass is 32.2. The Balaban J connectivity index is 4.29. The molecule has 0 aromatic heterocycles. The first kappa shape index (κ1) is 12.9. The highest BCUT2D eigenvalue weighted by Crippen LogP contribution is 2.20. The average Bonchev–Trinajstić information content (AvgIpc) is 2.13. The van der Waals surface area contributed by atoms with Crippen LogP contribution in [-0.2, 0) is 9.84 Å². The molecule has 0 fully saturated rings. The van der Waals surface area contributed by atoms with E-state index >= 15 is 0 Å². The van der Waals surface area contributed by atoms with Gasteiger partial charge in [-0.05, 0) is 11.8 Å². The summed E-state index contributed by atoms with van der Waals surface area (Å²) in [7, 11) is -2.79. The van der Waals surface area contributed by atoms with Crippen molar-refractivity contribution in [2.24, 2.45) is 11.8 Å². The molecule has 2 nitrogen and oxygen atoms in total. The molecule has 0 N–H and O–H groups in total. The summed E-state index contributed by atoms with van der Waals surface area (Å²) in [6.45, 7) is 8.05. The van der Waals surface area contributed by atoms with Gasteiger partial charge < -0.3 is 0 Å². The number of hydrogen-bond acceptors (Lipinski definition) is 2. The Morgan fingerprint density at radius 1 is 1.08 bits per heavy atom. The van der Waals surface area contributed by atoms with Crippen LogP contribution >= 0.6 is 0 Å². The third kappa shape index (κ3) is 4.65. The molecular weight excluding hydrogens is 184 g/mol. The Morgan fingerprint density at radius 3 is 1.92 bits per heavy atom. The van der Waals surface area contributed by atoms with Crippen molar-refractivity contribution >= 4 is 9.84 Å². The Hall–Kier alpha value is -0.0500. The van der Waals surface area contributed by atoms with Crippen LogP contribution in [0.3, 0.4) is 0 Å². The van der Waals surface area contributed by atoms with Crippen molar-refractivity contribution in [2.45, 2.75) is 40.5 Å². The molecule has 0 rings (SSSR count). The van der Waals surface area contributed by atoms with E-state index in [0.717, 1.165) is 12.8 Å². The fourth-order valence-corrected chi connectivity index (χ4v) is 2.91. The molecule has 0 bridgehead atoms. The number of rotatable bonds is 6. The first-order valence-corrected chi connectivity index (χ1v) is 6.99. The van der Waals surface area contributed by atoms with Gasteiger partial charge in [0.15, 0.2) is 0 Å². The van der Waals surface area contributed by atoms with Gasteiger partial charge in [-0.15, -0.1) is 0 Å². The third-order valence-corrected chi connectivity index (χ3v) is 4.70. The molecule has 0 aromatic rings. The Bertz CT molecular complexity index is 219. The molecular formula is C10H22O2S. The van der Waals surface area contributed by atoms with Crippen LogP contribution in [0, 0.1) is 11.8 Å². The van der Waals surface area contributed by atoms with E-state index in [1.54, 1.807) is 6.92 Å². The van der Waals surface area contributed by atoms with Crippen LogP contribution in [0.25, 0.3) is 0 Å². The van der Waals surface area contributed by atoms with Gasteiger partial charge in [-0.1, -0.05) is 40.5 Å². The molecule has 13 heavy (non-hydrogen) atoms. The summed E-state index contributed by atoms with van der Waals surface area (Å²) in [5.41, 5.74) is 0. The second-order valence-corrected chi connectivity index (χ2v) is 6.15. The van der Waals surface area contributed by atoms with Gasteiger partial charge in [0, 0.05) is 5.75 Å². The van der Waals surface area contributed by atoms with E-state index < -0.39 is 9.84 Å². The van der Waals surface area contributed by atoms with E-state index in [-0.39, 0.29) is 5.75 Å². The summed E-state index contributed by atoms with van der Waals surface area (Å²) < 4.78 is 22.8. The maximum atomic E-state index is 11.4. The number of sulfone groups is 1. The summed E-state index contributed by atoms with van der Waals surface area (Å²) in [5, 5.41) is 0. The van der Waals surface area contributed by atoms with E-state index in [1.807, 2.05) is 0 Å². The van der Waals surface area contributed by atoms with Crippen molar-refractivity contribution in [3.63, 3.8) is 0 Å². The van der Waals surface area contributed by atoms with Gasteiger partial charge in [0.1, 0.15) is 9.84 Å². The SMILES string of the molecule is CCC(C)C(CC)CS(=O)(=O)CC. The molecule has 2 unspecified atom stereocenters. The lowest BCUT2D eigenvalue weighted by Gasteiger charge is -2.20. The first-order valence-electron chi connectivity index (χ1n) is 5.17. The molecule has 0 spiro atoms. The van der Waals surface area contributed by atoms with E-state index in [4.69, 9.17) is 0 Å². The third-order valence-electron chi connectivity index (χ3n) is 2.88. The monoisotopic (exact) mass is 206 g/mol. The van der Waals surface area contributed by atoms with Crippen LogP contribution in [0.2, 0.25) is 0 Å². The van der Waals surface area contributed by atoms with Crippen molar-refractivity contribution in [3.05, 3.63) is 0 Å². The second kappa shape index (κ2) is 5.63. The second-order valence-electron chi connectivity index (χ2n) is 3.75. The zero-order valence-electron chi connectivity index (χ0n) is 9.21. The molecule has 0 radical (unpaired) electrons. The molecule has 0 aromatic carbocycles. The molecule has 0 aliphatic carbocycles. The number of hydrogen-bond donors (Lipinski definition) is 0. The normalized spacial score (nSPS) is 16.9. The smallest absolute Gasteiger partial charge is 0.150 e. The highest BCUT2D eigenvalue weighted by Gasteiger charge is 2.20.